The van der Waals surface area contributed by atoms with E-state index in [1.54, 1.807) is 12.1 Å². The molecule has 6 nitrogen and oxygen atoms in total. The summed E-state index contributed by atoms with van der Waals surface area (Å²) in [5, 5.41) is 10.3. The molecule has 31 heavy (non-hydrogen) atoms. The quantitative estimate of drug-likeness (QED) is 0.562. The Bertz CT molecular complexity index is 1060. The van der Waals surface area contributed by atoms with Gasteiger partial charge in [0, 0.05) is 24.9 Å². The van der Waals surface area contributed by atoms with Crippen molar-refractivity contribution in [2.75, 3.05) is 11.9 Å². The molecule has 0 bridgehead atoms. The molecule has 0 aliphatic carbocycles. The maximum absolute atomic E-state index is 13.8. The van der Waals surface area contributed by atoms with Gasteiger partial charge in [-0.15, -0.1) is 0 Å². The first-order valence-corrected chi connectivity index (χ1v) is 10.3. The Hall–Kier alpha value is -3.48. The topological polar surface area (TPSA) is 76.0 Å². The molecule has 0 saturated heterocycles. The van der Waals surface area contributed by atoms with Crippen LogP contribution in [0.5, 0.6) is 0 Å². The van der Waals surface area contributed by atoms with Crippen molar-refractivity contribution in [3.63, 3.8) is 0 Å². The fourth-order valence-electron chi connectivity index (χ4n) is 3.22. The molecule has 2 aromatic carbocycles. The van der Waals surface area contributed by atoms with Crippen molar-refractivity contribution in [3.8, 4) is 16.8 Å². The first-order valence-electron chi connectivity index (χ1n) is 10.3. The van der Waals surface area contributed by atoms with Gasteiger partial charge < -0.3 is 10.6 Å². The first kappa shape index (κ1) is 22.2. The molecule has 3 aromatic rings. The molecule has 1 heterocycles. The summed E-state index contributed by atoms with van der Waals surface area (Å²) in [7, 11) is 0. The highest BCUT2D eigenvalue weighted by Crippen LogP contribution is 2.33. The van der Waals surface area contributed by atoms with Crippen LogP contribution in [0.25, 0.3) is 16.8 Å². The summed E-state index contributed by atoms with van der Waals surface area (Å²) < 4.78 is 15.4. The van der Waals surface area contributed by atoms with Crippen LogP contribution in [0.2, 0.25) is 0 Å². The average molecular weight is 423 g/mol. The number of hydrogen-bond donors (Lipinski definition) is 2. The minimum absolute atomic E-state index is 0.0333. The number of benzene rings is 2. The van der Waals surface area contributed by atoms with Gasteiger partial charge in [-0.05, 0) is 36.6 Å². The van der Waals surface area contributed by atoms with Gasteiger partial charge in [-0.2, -0.15) is 5.10 Å². The molecule has 0 radical (unpaired) electrons. The van der Waals surface area contributed by atoms with Crippen molar-refractivity contribution in [1.29, 1.82) is 0 Å². The van der Waals surface area contributed by atoms with Crippen LogP contribution in [-0.4, -0.2) is 28.1 Å². The van der Waals surface area contributed by atoms with Crippen molar-refractivity contribution < 1.29 is 14.0 Å². The number of amides is 2. The summed E-state index contributed by atoms with van der Waals surface area (Å²) in [6.45, 7) is 6.43. The van der Waals surface area contributed by atoms with Gasteiger partial charge in [0.15, 0.2) is 0 Å². The van der Waals surface area contributed by atoms with Crippen LogP contribution in [0.1, 0.15) is 32.4 Å². The third-order valence-electron chi connectivity index (χ3n) is 4.72. The SMILES string of the molecule is Cc1nn(-c2cccc(F)c2)c(NC(=O)CCC(=O)NCC(C)C)c1-c1ccccc1. The fourth-order valence-corrected chi connectivity index (χ4v) is 3.22. The monoisotopic (exact) mass is 422 g/mol. The number of aromatic nitrogens is 2. The lowest BCUT2D eigenvalue weighted by atomic mass is 10.1. The van der Waals surface area contributed by atoms with Crippen LogP contribution >= 0.6 is 0 Å². The number of nitrogens with one attached hydrogen (secondary N) is 2. The predicted molar refractivity (Wildman–Crippen MR) is 119 cm³/mol. The lowest BCUT2D eigenvalue weighted by molar-refractivity contribution is -0.124. The third-order valence-corrected chi connectivity index (χ3v) is 4.72. The van der Waals surface area contributed by atoms with Gasteiger partial charge in [-0.1, -0.05) is 50.2 Å². The Kier molecular flexibility index (Phi) is 7.18. The molecule has 0 aliphatic rings. The molecule has 7 heteroatoms. The first-order chi connectivity index (χ1) is 14.8. The summed E-state index contributed by atoms with van der Waals surface area (Å²) in [5.74, 6) is -0.0842. The number of aryl methyl sites for hydroxylation is 1. The molecule has 0 fully saturated rings. The molecule has 0 spiro atoms. The fraction of sp³-hybridized carbons (Fsp3) is 0.292. The van der Waals surface area contributed by atoms with Gasteiger partial charge in [0.1, 0.15) is 11.6 Å². The second kappa shape index (κ2) is 10.0. The minimum atomic E-state index is -0.397. The average Bonchev–Trinajstić information content (AvgIpc) is 3.07. The highest BCUT2D eigenvalue weighted by Gasteiger charge is 2.20. The molecular formula is C24H27FN4O2. The van der Waals surface area contributed by atoms with Crippen LogP contribution in [0.4, 0.5) is 10.2 Å². The van der Waals surface area contributed by atoms with E-state index in [4.69, 9.17) is 0 Å². The highest BCUT2D eigenvalue weighted by atomic mass is 19.1. The summed E-state index contributed by atoms with van der Waals surface area (Å²) >= 11 is 0. The van der Waals surface area contributed by atoms with Crippen molar-refractivity contribution in [3.05, 3.63) is 66.1 Å². The molecule has 3 rings (SSSR count). The number of carbonyl (C=O) groups is 2. The number of nitrogens with zero attached hydrogens (tertiary/aromatic N) is 2. The van der Waals surface area contributed by atoms with Crippen LogP contribution < -0.4 is 10.6 Å². The van der Waals surface area contributed by atoms with Crippen molar-refractivity contribution in [2.45, 2.75) is 33.6 Å². The standard InChI is InChI=1S/C24H27FN4O2/c1-16(2)15-26-21(30)12-13-22(31)27-24-23(18-8-5-4-6-9-18)17(3)28-29(24)20-11-7-10-19(25)14-20/h4-11,14,16H,12-13,15H2,1-3H3,(H,26,30)(H,27,31). The number of anilines is 1. The van der Waals surface area contributed by atoms with Crippen LogP contribution in [0.15, 0.2) is 54.6 Å². The van der Waals surface area contributed by atoms with Crippen molar-refractivity contribution in [2.24, 2.45) is 5.92 Å². The van der Waals surface area contributed by atoms with Crippen molar-refractivity contribution >= 4 is 17.6 Å². The maximum atomic E-state index is 13.8. The summed E-state index contributed by atoms with van der Waals surface area (Å²) in [5.41, 5.74) is 2.82. The van der Waals surface area contributed by atoms with Gasteiger partial charge in [0.25, 0.3) is 0 Å². The summed E-state index contributed by atoms with van der Waals surface area (Å²) in [6, 6.07) is 15.6. The lowest BCUT2D eigenvalue weighted by Crippen LogP contribution is -2.28. The van der Waals surface area contributed by atoms with Gasteiger partial charge in [0.05, 0.1) is 11.4 Å². The second-order valence-electron chi connectivity index (χ2n) is 7.81. The highest BCUT2D eigenvalue weighted by molar-refractivity contribution is 5.96. The largest absolute Gasteiger partial charge is 0.356 e. The molecule has 2 amide bonds. The summed E-state index contributed by atoms with van der Waals surface area (Å²) in [6.07, 6.45) is 0.123. The number of hydrogen-bond acceptors (Lipinski definition) is 3. The molecule has 1 aromatic heterocycles. The number of carbonyl (C=O) groups excluding carboxylic acids is 2. The number of halogens is 1. The van der Waals surface area contributed by atoms with E-state index in [1.807, 2.05) is 51.1 Å². The Morgan fingerprint density at radius 3 is 2.42 bits per heavy atom. The van der Waals surface area contributed by atoms with E-state index in [0.29, 0.717) is 29.7 Å². The Morgan fingerprint density at radius 1 is 1.03 bits per heavy atom. The predicted octanol–water partition coefficient (Wildman–Crippen LogP) is 4.48. The molecule has 2 N–H and O–H groups in total. The zero-order chi connectivity index (χ0) is 22.4. The molecule has 0 unspecified atom stereocenters. The van der Waals surface area contributed by atoms with Gasteiger partial charge in [0.2, 0.25) is 11.8 Å². The Balaban J connectivity index is 1.88. The smallest absolute Gasteiger partial charge is 0.226 e. The molecule has 0 atom stereocenters. The Morgan fingerprint density at radius 2 is 1.74 bits per heavy atom. The maximum Gasteiger partial charge on any atom is 0.226 e. The van der Waals surface area contributed by atoms with E-state index < -0.39 is 5.82 Å². The number of rotatable bonds is 8. The van der Waals surface area contributed by atoms with Gasteiger partial charge in [-0.3, -0.25) is 9.59 Å². The molecule has 0 saturated carbocycles. The van der Waals surface area contributed by atoms with Crippen LogP contribution in [0.3, 0.4) is 0 Å². The zero-order valence-corrected chi connectivity index (χ0v) is 18.0. The van der Waals surface area contributed by atoms with E-state index in [2.05, 4.69) is 15.7 Å². The van der Waals surface area contributed by atoms with E-state index in [9.17, 15) is 14.0 Å². The van der Waals surface area contributed by atoms with E-state index in [1.165, 1.54) is 16.8 Å². The van der Waals surface area contributed by atoms with Gasteiger partial charge >= 0.3 is 0 Å². The second-order valence-corrected chi connectivity index (χ2v) is 7.81. The van der Waals surface area contributed by atoms with E-state index in [0.717, 1.165) is 11.1 Å². The summed E-state index contributed by atoms with van der Waals surface area (Å²) in [4.78, 5) is 24.7. The Labute approximate surface area is 181 Å². The molecule has 162 valence electrons. The molecule has 0 aliphatic heterocycles. The van der Waals surface area contributed by atoms with Crippen molar-refractivity contribution in [1.82, 2.24) is 15.1 Å². The third kappa shape index (κ3) is 5.78. The van der Waals surface area contributed by atoms with E-state index >= 15 is 0 Å². The van der Waals surface area contributed by atoms with E-state index in [-0.39, 0.29) is 24.7 Å². The zero-order valence-electron chi connectivity index (χ0n) is 18.0. The van der Waals surface area contributed by atoms with Crippen LogP contribution in [-0.2, 0) is 9.59 Å². The van der Waals surface area contributed by atoms with Crippen LogP contribution in [0, 0.1) is 18.7 Å². The minimum Gasteiger partial charge on any atom is -0.356 e. The molecular weight excluding hydrogens is 395 g/mol. The normalized spacial score (nSPS) is 10.9. The van der Waals surface area contributed by atoms with Gasteiger partial charge in [-0.25, -0.2) is 9.07 Å². The lowest BCUT2D eigenvalue weighted by Gasteiger charge is -2.12.